The summed E-state index contributed by atoms with van der Waals surface area (Å²) >= 11 is 0. The minimum Gasteiger partial charge on any atom is -0.480 e. The van der Waals surface area contributed by atoms with Gasteiger partial charge in [0, 0.05) is 14.1 Å². The van der Waals surface area contributed by atoms with Crippen molar-refractivity contribution in [1.29, 1.82) is 0 Å². The highest BCUT2D eigenvalue weighted by atomic mass is 16.4. The summed E-state index contributed by atoms with van der Waals surface area (Å²) in [6, 6.07) is -2.21. The molecular weight excluding hydrogens is 274 g/mol. The number of aliphatic carboxylic acids is 1. The molecule has 0 aliphatic heterocycles. The maximum Gasteiger partial charge on any atom is 0.326 e. The highest BCUT2D eigenvalue weighted by Gasteiger charge is 2.31. The van der Waals surface area contributed by atoms with E-state index in [1.54, 1.807) is 21.0 Å². The predicted octanol–water partition coefficient (Wildman–Crippen LogP) is 0.796. The molecule has 0 aromatic heterocycles. The SMILES string of the molecule is CC(NC(=O)NC(C(=O)O)C1CCCCC1)C(=O)N(C)C. The number of amides is 3. The summed E-state index contributed by atoms with van der Waals surface area (Å²) in [4.78, 5) is 36.3. The van der Waals surface area contributed by atoms with Crippen molar-refractivity contribution in [2.75, 3.05) is 14.1 Å². The Morgan fingerprint density at radius 1 is 1.10 bits per heavy atom. The fourth-order valence-electron chi connectivity index (χ4n) is 2.68. The lowest BCUT2D eigenvalue weighted by atomic mass is 9.84. The smallest absolute Gasteiger partial charge is 0.326 e. The summed E-state index contributed by atoms with van der Waals surface area (Å²) < 4.78 is 0. The fourth-order valence-corrected chi connectivity index (χ4v) is 2.68. The maximum absolute atomic E-state index is 11.9. The van der Waals surface area contributed by atoms with Gasteiger partial charge < -0.3 is 20.6 Å². The first-order valence-electron chi connectivity index (χ1n) is 7.34. The van der Waals surface area contributed by atoms with Gasteiger partial charge in [-0.1, -0.05) is 19.3 Å². The van der Waals surface area contributed by atoms with Crippen molar-refractivity contribution in [3.63, 3.8) is 0 Å². The van der Waals surface area contributed by atoms with Crippen molar-refractivity contribution in [3.8, 4) is 0 Å². The predicted molar refractivity (Wildman–Crippen MR) is 77.8 cm³/mol. The monoisotopic (exact) mass is 299 g/mol. The summed E-state index contributed by atoms with van der Waals surface area (Å²) in [5.41, 5.74) is 0. The van der Waals surface area contributed by atoms with Gasteiger partial charge in [-0.3, -0.25) is 4.79 Å². The maximum atomic E-state index is 11.9. The van der Waals surface area contributed by atoms with E-state index in [9.17, 15) is 19.5 Å². The van der Waals surface area contributed by atoms with Gasteiger partial charge in [-0.15, -0.1) is 0 Å². The van der Waals surface area contributed by atoms with E-state index in [2.05, 4.69) is 10.6 Å². The van der Waals surface area contributed by atoms with E-state index in [4.69, 9.17) is 0 Å². The standard InChI is InChI=1S/C14H25N3O4/c1-9(12(18)17(2)3)15-14(21)16-11(13(19)20)10-7-5-4-6-8-10/h9-11H,4-8H2,1-3H3,(H,19,20)(H2,15,16,21). The molecule has 7 nitrogen and oxygen atoms in total. The first-order chi connectivity index (χ1) is 9.82. The molecule has 1 aliphatic carbocycles. The zero-order chi connectivity index (χ0) is 16.0. The Balaban J connectivity index is 2.56. The van der Waals surface area contributed by atoms with Gasteiger partial charge in [0.05, 0.1) is 0 Å². The lowest BCUT2D eigenvalue weighted by Gasteiger charge is -2.28. The van der Waals surface area contributed by atoms with Gasteiger partial charge in [-0.25, -0.2) is 9.59 Å². The molecule has 0 aromatic rings. The van der Waals surface area contributed by atoms with Crippen molar-refractivity contribution < 1.29 is 19.5 Å². The van der Waals surface area contributed by atoms with Gasteiger partial charge in [-0.2, -0.15) is 0 Å². The van der Waals surface area contributed by atoms with E-state index >= 15 is 0 Å². The second-order valence-electron chi connectivity index (χ2n) is 5.79. The van der Waals surface area contributed by atoms with Crippen LogP contribution >= 0.6 is 0 Å². The Kier molecular flexibility index (Phi) is 6.45. The molecule has 0 spiro atoms. The van der Waals surface area contributed by atoms with Crippen LogP contribution in [0.5, 0.6) is 0 Å². The molecule has 2 unspecified atom stereocenters. The van der Waals surface area contributed by atoms with Gasteiger partial charge in [0.25, 0.3) is 0 Å². The number of urea groups is 1. The van der Waals surface area contributed by atoms with Gasteiger partial charge in [0.2, 0.25) is 5.91 Å². The second-order valence-corrected chi connectivity index (χ2v) is 5.79. The third-order valence-electron chi connectivity index (χ3n) is 3.83. The Morgan fingerprint density at radius 2 is 1.67 bits per heavy atom. The van der Waals surface area contributed by atoms with Gasteiger partial charge in [-0.05, 0) is 25.7 Å². The zero-order valence-corrected chi connectivity index (χ0v) is 12.9. The number of hydrogen-bond donors (Lipinski definition) is 3. The molecule has 0 bridgehead atoms. The van der Waals surface area contributed by atoms with Crippen LogP contribution in [0, 0.1) is 5.92 Å². The molecule has 7 heteroatoms. The average molecular weight is 299 g/mol. The van der Waals surface area contributed by atoms with Crippen LogP contribution in [0.3, 0.4) is 0 Å². The number of likely N-dealkylation sites (N-methyl/N-ethyl adjacent to an activating group) is 1. The lowest BCUT2D eigenvalue weighted by Crippen LogP contribution is -2.54. The van der Waals surface area contributed by atoms with Gasteiger partial charge >= 0.3 is 12.0 Å². The molecule has 0 aromatic carbocycles. The van der Waals surface area contributed by atoms with Crippen molar-refractivity contribution in [2.24, 2.45) is 5.92 Å². The van der Waals surface area contributed by atoms with Crippen molar-refractivity contribution >= 4 is 17.9 Å². The Morgan fingerprint density at radius 3 is 2.14 bits per heavy atom. The van der Waals surface area contributed by atoms with E-state index < -0.39 is 24.1 Å². The number of hydrogen-bond acceptors (Lipinski definition) is 3. The Labute approximate surface area is 125 Å². The molecule has 1 rings (SSSR count). The highest BCUT2D eigenvalue weighted by Crippen LogP contribution is 2.26. The third-order valence-corrected chi connectivity index (χ3v) is 3.83. The van der Waals surface area contributed by atoms with Crippen LogP contribution in [0.1, 0.15) is 39.0 Å². The molecule has 120 valence electrons. The molecule has 1 saturated carbocycles. The Hall–Kier alpha value is -1.79. The lowest BCUT2D eigenvalue weighted by molar-refractivity contribution is -0.141. The number of nitrogens with zero attached hydrogens (tertiary/aromatic N) is 1. The first kappa shape index (κ1) is 17.3. The molecule has 21 heavy (non-hydrogen) atoms. The minimum absolute atomic E-state index is 0.0399. The summed E-state index contributed by atoms with van der Waals surface area (Å²) in [5, 5.41) is 14.3. The molecule has 1 fully saturated rings. The van der Waals surface area contributed by atoms with E-state index in [0.717, 1.165) is 32.1 Å². The molecule has 3 N–H and O–H groups in total. The van der Waals surface area contributed by atoms with E-state index in [-0.39, 0.29) is 11.8 Å². The number of carbonyl (C=O) groups is 3. The number of nitrogens with one attached hydrogen (secondary N) is 2. The molecule has 1 aliphatic rings. The summed E-state index contributed by atoms with van der Waals surface area (Å²) in [7, 11) is 3.20. The van der Waals surface area contributed by atoms with Crippen LogP contribution in [-0.2, 0) is 9.59 Å². The summed E-state index contributed by atoms with van der Waals surface area (Å²) in [5.74, 6) is -1.31. The van der Waals surface area contributed by atoms with Crippen LogP contribution < -0.4 is 10.6 Å². The normalized spacial score (nSPS) is 18.4. The van der Waals surface area contributed by atoms with E-state index in [0.29, 0.717) is 0 Å². The molecule has 0 saturated heterocycles. The Bertz CT molecular complexity index is 392. The largest absolute Gasteiger partial charge is 0.480 e. The zero-order valence-electron chi connectivity index (χ0n) is 12.9. The number of rotatable bonds is 5. The number of carbonyl (C=O) groups excluding carboxylic acids is 2. The molecule has 2 atom stereocenters. The summed E-state index contributed by atoms with van der Waals surface area (Å²) in [6.45, 7) is 1.57. The van der Waals surface area contributed by atoms with Crippen molar-refractivity contribution in [3.05, 3.63) is 0 Å². The van der Waals surface area contributed by atoms with Crippen LogP contribution in [0.4, 0.5) is 4.79 Å². The highest BCUT2D eigenvalue weighted by molar-refractivity contribution is 5.88. The van der Waals surface area contributed by atoms with Crippen LogP contribution in [0.25, 0.3) is 0 Å². The topological polar surface area (TPSA) is 98.7 Å². The van der Waals surface area contributed by atoms with E-state index in [1.807, 2.05) is 0 Å². The quantitative estimate of drug-likeness (QED) is 0.699. The average Bonchev–Trinajstić information content (AvgIpc) is 2.44. The number of carboxylic acid groups (broad SMARTS) is 1. The fraction of sp³-hybridized carbons (Fsp3) is 0.786. The second kappa shape index (κ2) is 7.85. The first-order valence-corrected chi connectivity index (χ1v) is 7.34. The van der Waals surface area contributed by atoms with Crippen LogP contribution in [-0.4, -0.2) is 54.1 Å². The number of carboxylic acids is 1. The van der Waals surface area contributed by atoms with E-state index in [1.165, 1.54) is 4.90 Å². The minimum atomic E-state index is -1.02. The van der Waals surface area contributed by atoms with Crippen molar-refractivity contribution in [1.82, 2.24) is 15.5 Å². The van der Waals surface area contributed by atoms with Crippen LogP contribution in [0.2, 0.25) is 0 Å². The molecule has 3 amide bonds. The van der Waals surface area contributed by atoms with Gasteiger partial charge in [0.1, 0.15) is 12.1 Å². The summed E-state index contributed by atoms with van der Waals surface area (Å²) in [6.07, 6.45) is 4.72. The third kappa shape index (κ3) is 5.24. The van der Waals surface area contributed by atoms with Gasteiger partial charge in [0.15, 0.2) is 0 Å². The van der Waals surface area contributed by atoms with Crippen molar-refractivity contribution in [2.45, 2.75) is 51.1 Å². The molecule has 0 heterocycles. The molecule has 0 radical (unpaired) electrons. The molecular formula is C14H25N3O4. The van der Waals surface area contributed by atoms with Crippen LogP contribution in [0.15, 0.2) is 0 Å².